The molecule has 0 amide bonds. The highest BCUT2D eigenvalue weighted by Crippen LogP contribution is 2.42. The normalized spacial score (nSPS) is 16.5. The van der Waals surface area contributed by atoms with Gasteiger partial charge < -0.3 is 24.0 Å². The summed E-state index contributed by atoms with van der Waals surface area (Å²) >= 11 is 0. The molecule has 0 spiro atoms. The molecular weight excluding hydrogens is 558 g/mol. The highest BCUT2D eigenvalue weighted by atomic mass is 19.1. The average molecular weight is 591 g/mol. The molecule has 9 nitrogen and oxygen atoms in total. The Hall–Kier alpha value is -4.93. The minimum atomic E-state index is -0.819. The molecule has 0 N–H and O–H groups in total. The van der Waals surface area contributed by atoms with Crippen molar-refractivity contribution in [3.63, 3.8) is 0 Å². The van der Waals surface area contributed by atoms with Gasteiger partial charge in [0.25, 0.3) is 0 Å². The summed E-state index contributed by atoms with van der Waals surface area (Å²) in [4.78, 5) is 34.4. The molecule has 0 bridgehead atoms. The van der Waals surface area contributed by atoms with Gasteiger partial charge in [-0.3, -0.25) is 9.69 Å². The number of anilines is 2. The van der Waals surface area contributed by atoms with Crippen LogP contribution in [0.15, 0.2) is 71.7 Å². The van der Waals surface area contributed by atoms with Gasteiger partial charge in [-0.1, -0.05) is 30.3 Å². The van der Waals surface area contributed by atoms with E-state index >= 15 is 8.78 Å². The van der Waals surface area contributed by atoms with E-state index in [2.05, 4.69) is 4.90 Å². The predicted octanol–water partition coefficient (Wildman–Crippen LogP) is 5.09. The lowest BCUT2D eigenvalue weighted by Gasteiger charge is -2.45. The minimum Gasteiger partial charge on any atom is -0.497 e. The van der Waals surface area contributed by atoms with Gasteiger partial charge in [0.2, 0.25) is 5.96 Å². The first kappa shape index (κ1) is 29.6. The number of methoxy groups -OCH3 is 2. The number of benzene rings is 3. The van der Waals surface area contributed by atoms with Crippen LogP contribution >= 0.6 is 0 Å². The number of piperazine rings is 1. The number of carbonyl (C=O) groups excluding carboxylic acids is 2. The summed E-state index contributed by atoms with van der Waals surface area (Å²) in [6.45, 7) is 3.26. The Labute approximate surface area is 248 Å². The first-order valence-electron chi connectivity index (χ1n) is 13.8. The molecule has 2 heterocycles. The van der Waals surface area contributed by atoms with Crippen LogP contribution in [-0.4, -0.2) is 69.8 Å². The fourth-order valence-corrected chi connectivity index (χ4v) is 5.31. The number of esters is 2. The van der Waals surface area contributed by atoms with Crippen molar-refractivity contribution < 1.29 is 32.6 Å². The number of hydrogen-bond donors (Lipinski definition) is 0. The molecule has 0 aliphatic carbocycles. The Morgan fingerprint density at radius 1 is 0.953 bits per heavy atom. The third-order valence-corrected chi connectivity index (χ3v) is 7.40. The molecule has 2 aliphatic heterocycles. The molecule has 0 saturated carbocycles. The zero-order valence-corrected chi connectivity index (χ0v) is 24.1. The number of rotatable bonds is 7. The monoisotopic (exact) mass is 590 g/mol. The summed E-state index contributed by atoms with van der Waals surface area (Å²) in [7, 11) is 2.87. The molecular formula is C32H32F2N4O5. The van der Waals surface area contributed by atoms with Gasteiger partial charge in [-0.2, -0.15) is 0 Å². The SMILES string of the molecule is COC(=O)/C=C/c1cccc(F)c1N1C(N2CCN(c3cccc(OC)c3)CC2)=Nc2c(F)cccc2[C@@H]1COC(C)=O. The van der Waals surface area contributed by atoms with E-state index in [1.807, 2.05) is 29.2 Å². The molecule has 2 aliphatic rings. The minimum absolute atomic E-state index is 0.101. The molecule has 3 aromatic carbocycles. The molecule has 3 aromatic rings. The molecule has 0 radical (unpaired) electrons. The molecule has 1 atom stereocenters. The standard InChI is InChI=1S/C32H32F2N4O5/c1-21(39)43-20-28-25-10-6-11-26(33)30(25)35-32(37-17-15-36(16-18-37)23-8-5-9-24(19-23)41-2)38(28)31-22(7-4-12-27(31)34)13-14-29(40)42-3/h4-14,19,28H,15-18,20H2,1-3H3/b14-13+/t28-/m0/s1. The highest BCUT2D eigenvalue weighted by molar-refractivity contribution is 6.03. The number of halogens is 2. The first-order valence-corrected chi connectivity index (χ1v) is 13.8. The molecule has 11 heteroatoms. The molecule has 5 rings (SSSR count). The maximum absolute atomic E-state index is 15.9. The number of para-hydroxylation sites is 2. The van der Waals surface area contributed by atoms with Gasteiger partial charge in [0.1, 0.15) is 29.7 Å². The quantitative estimate of drug-likeness (QED) is 0.278. The van der Waals surface area contributed by atoms with Crippen LogP contribution in [0.1, 0.15) is 24.1 Å². The molecule has 43 heavy (non-hydrogen) atoms. The lowest BCUT2D eigenvalue weighted by Crippen LogP contribution is -2.56. The van der Waals surface area contributed by atoms with Gasteiger partial charge >= 0.3 is 11.9 Å². The summed E-state index contributed by atoms with van der Waals surface area (Å²) in [5.74, 6) is -1.24. The summed E-state index contributed by atoms with van der Waals surface area (Å²) in [6, 6.07) is 16.0. The van der Waals surface area contributed by atoms with Crippen LogP contribution in [-0.2, 0) is 19.1 Å². The average Bonchev–Trinajstić information content (AvgIpc) is 3.02. The number of nitrogens with zero attached hydrogens (tertiary/aromatic N) is 4. The summed E-state index contributed by atoms with van der Waals surface area (Å²) < 4.78 is 46.7. The van der Waals surface area contributed by atoms with Crippen molar-refractivity contribution in [2.24, 2.45) is 4.99 Å². The fraction of sp³-hybridized carbons (Fsp3) is 0.281. The van der Waals surface area contributed by atoms with Crippen LogP contribution in [0.5, 0.6) is 5.75 Å². The van der Waals surface area contributed by atoms with Gasteiger partial charge in [0, 0.05) is 62.1 Å². The second-order valence-electron chi connectivity index (χ2n) is 9.99. The maximum Gasteiger partial charge on any atom is 0.330 e. The predicted molar refractivity (Wildman–Crippen MR) is 160 cm³/mol. The third-order valence-electron chi connectivity index (χ3n) is 7.40. The van der Waals surface area contributed by atoms with E-state index < -0.39 is 29.6 Å². The smallest absolute Gasteiger partial charge is 0.330 e. The van der Waals surface area contributed by atoms with Crippen molar-refractivity contribution in [3.05, 3.63) is 89.5 Å². The van der Waals surface area contributed by atoms with E-state index in [0.717, 1.165) is 11.4 Å². The molecule has 0 aromatic heterocycles. The van der Waals surface area contributed by atoms with Crippen molar-refractivity contribution >= 4 is 41.0 Å². The molecule has 1 fully saturated rings. The zero-order valence-electron chi connectivity index (χ0n) is 24.1. The lowest BCUT2D eigenvalue weighted by atomic mass is 9.99. The molecule has 224 valence electrons. The third kappa shape index (κ3) is 6.30. The number of ether oxygens (including phenoxy) is 3. The second kappa shape index (κ2) is 12.9. The van der Waals surface area contributed by atoms with E-state index in [1.165, 1.54) is 44.4 Å². The van der Waals surface area contributed by atoms with Crippen molar-refractivity contribution in [3.8, 4) is 5.75 Å². The second-order valence-corrected chi connectivity index (χ2v) is 9.99. The Bertz CT molecular complexity index is 1570. The van der Waals surface area contributed by atoms with Crippen LogP contribution < -0.4 is 14.5 Å². The Kier molecular flexibility index (Phi) is 8.89. The fourth-order valence-electron chi connectivity index (χ4n) is 5.31. The van der Waals surface area contributed by atoms with Gasteiger partial charge in [-0.25, -0.2) is 18.6 Å². The topological polar surface area (TPSA) is 83.9 Å². The van der Waals surface area contributed by atoms with Gasteiger partial charge in [-0.15, -0.1) is 0 Å². The Balaban J connectivity index is 1.60. The van der Waals surface area contributed by atoms with Gasteiger partial charge in [-0.05, 0) is 30.3 Å². The van der Waals surface area contributed by atoms with E-state index in [0.29, 0.717) is 43.3 Å². The van der Waals surface area contributed by atoms with Crippen molar-refractivity contribution in [1.29, 1.82) is 0 Å². The largest absolute Gasteiger partial charge is 0.497 e. The zero-order chi connectivity index (χ0) is 30.5. The van der Waals surface area contributed by atoms with E-state index in [9.17, 15) is 9.59 Å². The summed E-state index contributed by atoms with van der Waals surface area (Å²) in [5, 5.41) is 0. The first-order chi connectivity index (χ1) is 20.8. The van der Waals surface area contributed by atoms with Crippen LogP contribution in [0.25, 0.3) is 6.08 Å². The van der Waals surface area contributed by atoms with Gasteiger partial charge in [0.15, 0.2) is 0 Å². The Morgan fingerprint density at radius 3 is 2.37 bits per heavy atom. The molecule has 1 saturated heterocycles. The highest BCUT2D eigenvalue weighted by Gasteiger charge is 2.39. The van der Waals surface area contributed by atoms with Crippen molar-refractivity contribution in [2.45, 2.75) is 13.0 Å². The van der Waals surface area contributed by atoms with Gasteiger partial charge in [0.05, 0.1) is 25.9 Å². The maximum atomic E-state index is 15.9. The number of guanidine groups is 1. The van der Waals surface area contributed by atoms with Crippen molar-refractivity contribution in [1.82, 2.24) is 4.90 Å². The van der Waals surface area contributed by atoms with Crippen molar-refractivity contribution in [2.75, 3.05) is 56.8 Å². The number of hydrogen-bond acceptors (Lipinski definition) is 9. The van der Waals surface area contributed by atoms with E-state index in [1.54, 1.807) is 30.2 Å². The van der Waals surface area contributed by atoms with Crippen LogP contribution in [0.3, 0.4) is 0 Å². The summed E-state index contributed by atoms with van der Waals surface area (Å²) in [6.07, 6.45) is 2.65. The van der Waals surface area contributed by atoms with Crippen LogP contribution in [0.2, 0.25) is 0 Å². The Morgan fingerprint density at radius 2 is 1.65 bits per heavy atom. The number of fused-ring (bicyclic) bond motifs is 1. The summed E-state index contributed by atoms with van der Waals surface area (Å²) in [5.41, 5.74) is 2.00. The van der Waals surface area contributed by atoms with E-state index in [-0.39, 0.29) is 18.0 Å². The lowest BCUT2D eigenvalue weighted by molar-refractivity contribution is -0.141. The van der Waals surface area contributed by atoms with Crippen LogP contribution in [0, 0.1) is 11.6 Å². The number of aliphatic imine (C=N–C) groups is 1. The number of carbonyl (C=O) groups is 2. The van der Waals surface area contributed by atoms with E-state index in [4.69, 9.17) is 19.2 Å². The van der Waals surface area contributed by atoms with Crippen LogP contribution in [0.4, 0.5) is 25.8 Å². The molecule has 0 unspecified atom stereocenters.